The lowest BCUT2D eigenvalue weighted by atomic mass is 10.1. The Bertz CT molecular complexity index is 1420. The van der Waals surface area contributed by atoms with Crippen LogP contribution in [0.5, 0.6) is 0 Å². The summed E-state index contributed by atoms with van der Waals surface area (Å²) in [4.78, 5) is 28.4. The van der Waals surface area contributed by atoms with E-state index in [2.05, 4.69) is 5.32 Å². The number of halogens is 2. The van der Waals surface area contributed by atoms with E-state index in [1.807, 2.05) is 27.7 Å². The van der Waals surface area contributed by atoms with Crippen LogP contribution in [0.3, 0.4) is 0 Å². The molecule has 0 aliphatic heterocycles. The third kappa shape index (κ3) is 7.88. The predicted molar refractivity (Wildman–Crippen MR) is 151 cm³/mol. The zero-order chi connectivity index (χ0) is 29.7. The van der Waals surface area contributed by atoms with Gasteiger partial charge >= 0.3 is 0 Å². The SMILES string of the molecule is CC[C@@H](C(=O)NC(C)(C)C)N(Cc1ccc(F)cc1)C(=O)CN(c1ccc(C)cc1)S(=O)(=O)c1ccc(F)cc1. The Morgan fingerprint density at radius 2 is 1.40 bits per heavy atom. The van der Waals surface area contributed by atoms with Crippen LogP contribution in [0.25, 0.3) is 0 Å². The first-order chi connectivity index (χ1) is 18.7. The first kappa shape index (κ1) is 30.7. The fraction of sp³-hybridized carbons (Fsp3) is 0.333. The highest BCUT2D eigenvalue weighted by molar-refractivity contribution is 7.92. The molecule has 0 fully saturated rings. The van der Waals surface area contributed by atoms with Crippen molar-refractivity contribution in [2.45, 2.75) is 64.1 Å². The van der Waals surface area contributed by atoms with E-state index in [4.69, 9.17) is 0 Å². The Kier molecular flexibility index (Phi) is 9.68. The zero-order valence-corrected chi connectivity index (χ0v) is 24.1. The number of anilines is 1. The van der Waals surface area contributed by atoms with Gasteiger partial charge in [-0.1, -0.05) is 36.8 Å². The molecule has 0 saturated heterocycles. The maximum Gasteiger partial charge on any atom is 0.264 e. The average molecular weight is 572 g/mol. The average Bonchev–Trinajstić information content (AvgIpc) is 2.88. The van der Waals surface area contributed by atoms with Crippen LogP contribution in [0.4, 0.5) is 14.5 Å². The first-order valence-electron chi connectivity index (χ1n) is 12.9. The Morgan fingerprint density at radius 1 is 0.875 bits per heavy atom. The summed E-state index contributed by atoms with van der Waals surface area (Å²) in [5.41, 5.74) is 1.11. The molecule has 1 atom stereocenters. The second-order valence-corrected chi connectivity index (χ2v) is 12.5. The molecule has 7 nitrogen and oxygen atoms in total. The molecular weight excluding hydrogens is 536 g/mol. The van der Waals surface area contributed by atoms with Crippen molar-refractivity contribution in [3.05, 3.63) is 95.6 Å². The lowest BCUT2D eigenvalue weighted by molar-refractivity contribution is -0.141. The minimum atomic E-state index is -4.30. The largest absolute Gasteiger partial charge is 0.350 e. The predicted octanol–water partition coefficient (Wildman–Crippen LogP) is 5.19. The van der Waals surface area contributed by atoms with E-state index in [-0.39, 0.29) is 23.5 Å². The van der Waals surface area contributed by atoms with Gasteiger partial charge in [-0.05, 0) is 88.2 Å². The van der Waals surface area contributed by atoms with E-state index in [9.17, 15) is 26.8 Å². The van der Waals surface area contributed by atoms with E-state index >= 15 is 0 Å². The van der Waals surface area contributed by atoms with Crippen molar-refractivity contribution in [2.24, 2.45) is 0 Å². The molecule has 0 saturated carbocycles. The van der Waals surface area contributed by atoms with Crippen molar-refractivity contribution >= 4 is 27.5 Å². The highest BCUT2D eigenvalue weighted by Crippen LogP contribution is 2.25. The Balaban J connectivity index is 2.06. The van der Waals surface area contributed by atoms with Gasteiger partial charge in [-0.25, -0.2) is 17.2 Å². The highest BCUT2D eigenvalue weighted by Gasteiger charge is 2.34. The number of carbonyl (C=O) groups excluding carboxylic acids is 2. The van der Waals surface area contributed by atoms with E-state index in [1.54, 1.807) is 31.2 Å². The second kappa shape index (κ2) is 12.6. The highest BCUT2D eigenvalue weighted by atomic mass is 32.2. The van der Waals surface area contributed by atoms with Crippen LogP contribution < -0.4 is 9.62 Å². The van der Waals surface area contributed by atoms with E-state index < -0.39 is 51.6 Å². The monoisotopic (exact) mass is 571 g/mol. The number of benzene rings is 3. The van der Waals surface area contributed by atoms with Gasteiger partial charge < -0.3 is 10.2 Å². The molecule has 0 bridgehead atoms. The van der Waals surface area contributed by atoms with Crippen LogP contribution in [0.2, 0.25) is 0 Å². The summed E-state index contributed by atoms with van der Waals surface area (Å²) in [6.07, 6.45) is 0.254. The number of rotatable bonds is 10. The second-order valence-electron chi connectivity index (χ2n) is 10.6. The third-order valence-corrected chi connectivity index (χ3v) is 7.94. The van der Waals surface area contributed by atoms with E-state index in [1.165, 1.54) is 29.2 Å². The molecule has 40 heavy (non-hydrogen) atoms. The summed E-state index contributed by atoms with van der Waals surface area (Å²) >= 11 is 0. The molecule has 3 rings (SSSR count). The number of carbonyl (C=O) groups is 2. The molecule has 3 aromatic rings. The maximum absolute atomic E-state index is 14.0. The quantitative estimate of drug-likeness (QED) is 0.363. The van der Waals surface area contributed by atoms with E-state index in [0.717, 1.165) is 34.1 Å². The number of hydrogen-bond donors (Lipinski definition) is 1. The Morgan fingerprint density at radius 3 is 1.90 bits per heavy atom. The van der Waals surface area contributed by atoms with Gasteiger partial charge in [0.2, 0.25) is 11.8 Å². The summed E-state index contributed by atoms with van der Waals surface area (Å²) in [5.74, 6) is -2.08. The van der Waals surface area contributed by atoms with Gasteiger partial charge in [0.25, 0.3) is 10.0 Å². The molecule has 214 valence electrons. The van der Waals surface area contributed by atoms with Crippen molar-refractivity contribution in [1.82, 2.24) is 10.2 Å². The molecule has 2 amide bonds. The standard InChI is InChI=1S/C30H35F2N3O4S/c1-6-27(29(37)33-30(3,4)5)34(19-22-9-11-23(31)12-10-22)28(36)20-35(25-15-7-21(2)8-16-25)40(38,39)26-17-13-24(32)14-18-26/h7-18,27H,6,19-20H2,1-5H3,(H,33,37)/t27-/m0/s1. The van der Waals surface area contributed by atoms with Crippen molar-refractivity contribution in [1.29, 1.82) is 0 Å². The molecule has 0 aliphatic carbocycles. The van der Waals surface area contributed by atoms with E-state index in [0.29, 0.717) is 5.56 Å². The van der Waals surface area contributed by atoms with Crippen LogP contribution in [-0.2, 0) is 26.2 Å². The molecule has 0 radical (unpaired) electrons. The summed E-state index contributed by atoms with van der Waals surface area (Å²) in [7, 11) is -4.30. The third-order valence-electron chi connectivity index (χ3n) is 6.15. The maximum atomic E-state index is 14.0. The van der Waals surface area contributed by atoms with Gasteiger partial charge in [0, 0.05) is 12.1 Å². The fourth-order valence-corrected chi connectivity index (χ4v) is 5.55. The summed E-state index contributed by atoms with van der Waals surface area (Å²) in [6.45, 7) is 8.38. The Hall–Kier alpha value is -3.79. The van der Waals surface area contributed by atoms with Crippen LogP contribution in [0.15, 0.2) is 77.7 Å². The van der Waals surface area contributed by atoms with Gasteiger partial charge in [0.15, 0.2) is 0 Å². The van der Waals surface area contributed by atoms with Gasteiger partial charge in [-0.15, -0.1) is 0 Å². The first-order valence-corrected chi connectivity index (χ1v) is 14.4. The van der Waals surface area contributed by atoms with Crippen LogP contribution in [0.1, 0.15) is 45.2 Å². The van der Waals surface area contributed by atoms with Crippen molar-refractivity contribution in [3.63, 3.8) is 0 Å². The number of aryl methyl sites for hydroxylation is 1. The molecule has 0 unspecified atom stereocenters. The molecular formula is C30H35F2N3O4S. The minimum Gasteiger partial charge on any atom is -0.350 e. The number of sulfonamides is 1. The summed E-state index contributed by atoms with van der Waals surface area (Å²) in [5, 5.41) is 2.89. The molecule has 1 N–H and O–H groups in total. The zero-order valence-electron chi connectivity index (χ0n) is 23.3. The Labute approximate surface area is 234 Å². The number of nitrogens with one attached hydrogen (secondary N) is 1. The van der Waals surface area contributed by atoms with Gasteiger partial charge in [0.1, 0.15) is 24.2 Å². The van der Waals surface area contributed by atoms with Crippen LogP contribution >= 0.6 is 0 Å². The van der Waals surface area contributed by atoms with Gasteiger partial charge in [-0.3, -0.25) is 13.9 Å². The lowest BCUT2D eigenvalue weighted by Crippen LogP contribution is -2.55. The summed E-state index contributed by atoms with van der Waals surface area (Å²) in [6, 6.07) is 15.5. The lowest BCUT2D eigenvalue weighted by Gasteiger charge is -2.34. The summed E-state index contributed by atoms with van der Waals surface area (Å²) < 4.78 is 55.6. The van der Waals surface area contributed by atoms with Crippen molar-refractivity contribution in [3.8, 4) is 0 Å². The number of nitrogens with zero attached hydrogens (tertiary/aromatic N) is 2. The molecule has 0 spiro atoms. The van der Waals surface area contributed by atoms with Crippen molar-refractivity contribution in [2.75, 3.05) is 10.8 Å². The molecule has 0 aliphatic rings. The molecule has 0 aromatic heterocycles. The fourth-order valence-electron chi connectivity index (χ4n) is 4.13. The number of amides is 2. The number of hydrogen-bond acceptors (Lipinski definition) is 4. The van der Waals surface area contributed by atoms with Crippen molar-refractivity contribution < 1.29 is 26.8 Å². The normalized spacial score (nSPS) is 12.5. The molecule has 3 aromatic carbocycles. The van der Waals surface area contributed by atoms with Crippen LogP contribution in [-0.4, -0.2) is 43.3 Å². The molecule has 0 heterocycles. The smallest absolute Gasteiger partial charge is 0.264 e. The topological polar surface area (TPSA) is 86.8 Å². The minimum absolute atomic E-state index is 0.0481. The van der Waals surface area contributed by atoms with Crippen LogP contribution in [0, 0.1) is 18.6 Å². The van der Waals surface area contributed by atoms with Gasteiger partial charge in [0.05, 0.1) is 10.6 Å². The molecule has 10 heteroatoms. The van der Waals surface area contributed by atoms with Gasteiger partial charge in [-0.2, -0.15) is 0 Å².